The van der Waals surface area contributed by atoms with Crippen molar-refractivity contribution < 1.29 is 0 Å². The average Bonchev–Trinajstić information content (AvgIpc) is 3.52. The Hall–Kier alpha value is -6.04. The fourth-order valence-electron chi connectivity index (χ4n) is 11.4. The zero-order chi connectivity index (χ0) is 35.8. The molecule has 1 aromatic heterocycles. The third-order valence-electron chi connectivity index (χ3n) is 13.5. The van der Waals surface area contributed by atoms with Gasteiger partial charge in [0.1, 0.15) is 0 Å². The van der Waals surface area contributed by atoms with Gasteiger partial charge in [0.25, 0.3) is 0 Å². The van der Waals surface area contributed by atoms with Gasteiger partial charge in [-0.05, 0) is 136 Å². The molecular weight excluding hydrogens is 653 g/mol. The summed E-state index contributed by atoms with van der Waals surface area (Å²) in [7, 11) is 0. The highest BCUT2D eigenvalue weighted by Crippen LogP contribution is 2.69. The van der Waals surface area contributed by atoms with E-state index in [0.29, 0.717) is 11.8 Å². The van der Waals surface area contributed by atoms with Gasteiger partial charge in [0, 0.05) is 16.5 Å². The van der Waals surface area contributed by atoms with E-state index in [2.05, 4.69) is 150 Å². The summed E-state index contributed by atoms with van der Waals surface area (Å²) in [5.74, 6) is 3.06. The topological polar surface area (TPSA) is 17.2 Å². The molecule has 1 heterocycles. The highest BCUT2D eigenvalue weighted by atomic mass is 14.7. The first-order chi connectivity index (χ1) is 26.7. The second-order valence-corrected chi connectivity index (χ2v) is 16.3. The monoisotopic (exact) mass is 692 g/mol. The number of aromatic nitrogens is 1. The van der Waals surface area contributed by atoms with Gasteiger partial charge in [-0.3, -0.25) is 0 Å². The van der Waals surface area contributed by atoms with Crippen LogP contribution in [0.4, 0.5) is 5.69 Å². The average molecular weight is 693 g/mol. The van der Waals surface area contributed by atoms with Gasteiger partial charge < -0.3 is 0 Å². The molecule has 4 fully saturated rings. The van der Waals surface area contributed by atoms with Crippen LogP contribution in [0.25, 0.3) is 71.9 Å². The molecule has 0 radical (unpaired) electrons. The van der Waals surface area contributed by atoms with Crippen LogP contribution in [-0.4, -0.2) is 4.98 Å². The van der Waals surface area contributed by atoms with Crippen LogP contribution in [0.5, 0.6) is 0 Å². The fraction of sp³-hybridized carbons (Fsp3) is 0.192. The number of hydrogen-bond donors (Lipinski definition) is 0. The lowest BCUT2D eigenvalue weighted by atomic mass is 9.43. The van der Waals surface area contributed by atoms with Gasteiger partial charge in [0.15, 0.2) is 5.69 Å². The van der Waals surface area contributed by atoms with Crippen molar-refractivity contribution in [3.8, 4) is 67.0 Å². The molecule has 5 aliphatic rings. The third-order valence-corrected chi connectivity index (χ3v) is 13.5. The first kappa shape index (κ1) is 31.5. The number of rotatable bonds is 5. The summed E-state index contributed by atoms with van der Waals surface area (Å²) in [5, 5.41) is 0. The molecule has 54 heavy (non-hydrogen) atoms. The molecule has 4 saturated carbocycles. The Balaban J connectivity index is 1.05. The smallest absolute Gasteiger partial charge is 0.194 e. The first-order valence-corrected chi connectivity index (χ1v) is 19.7. The zero-order valence-electron chi connectivity index (χ0n) is 30.3. The Morgan fingerprint density at radius 3 is 1.54 bits per heavy atom. The number of fused-ring (bicyclic) bond motifs is 3. The van der Waals surface area contributed by atoms with Gasteiger partial charge in [-0.15, -0.1) is 0 Å². The van der Waals surface area contributed by atoms with Crippen LogP contribution < -0.4 is 0 Å². The summed E-state index contributed by atoms with van der Waals surface area (Å²) in [6.45, 7) is 7.91. The second kappa shape index (κ2) is 12.3. The molecule has 0 saturated heterocycles. The minimum absolute atomic E-state index is 0.0229. The van der Waals surface area contributed by atoms with E-state index in [4.69, 9.17) is 11.6 Å². The quantitative estimate of drug-likeness (QED) is 0.164. The molecule has 0 N–H and O–H groups in total. The molecule has 7 aromatic rings. The van der Waals surface area contributed by atoms with E-state index in [1.165, 1.54) is 76.6 Å². The number of hydrogen-bond acceptors (Lipinski definition) is 1. The lowest BCUT2D eigenvalue weighted by molar-refractivity contribution is -0.0399. The van der Waals surface area contributed by atoms with Crippen molar-refractivity contribution in [2.45, 2.75) is 37.5 Å². The molecule has 0 atom stereocenters. The van der Waals surface area contributed by atoms with Crippen molar-refractivity contribution in [1.82, 2.24) is 4.98 Å². The van der Waals surface area contributed by atoms with Crippen LogP contribution >= 0.6 is 0 Å². The largest absolute Gasteiger partial charge is 0.248 e. The van der Waals surface area contributed by atoms with Crippen LogP contribution in [-0.2, 0) is 5.41 Å². The summed E-state index contributed by atoms with van der Waals surface area (Å²) in [4.78, 5) is 9.06. The number of pyridine rings is 1. The van der Waals surface area contributed by atoms with Gasteiger partial charge in [-0.25, -0.2) is 9.83 Å². The molecule has 5 aliphatic carbocycles. The Morgan fingerprint density at radius 1 is 0.426 bits per heavy atom. The summed E-state index contributed by atoms with van der Waals surface area (Å²) >= 11 is 0. The molecule has 12 rings (SSSR count). The normalized spacial score (nSPS) is 22.9. The minimum Gasteiger partial charge on any atom is -0.248 e. The van der Waals surface area contributed by atoms with Crippen LogP contribution in [0.1, 0.15) is 43.2 Å². The van der Waals surface area contributed by atoms with Crippen LogP contribution in [0, 0.1) is 30.2 Å². The van der Waals surface area contributed by atoms with E-state index < -0.39 is 0 Å². The van der Waals surface area contributed by atoms with Gasteiger partial charge in [0.2, 0.25) is 0 Å². The van der Waals surface area contributed by atoms with Gasteiger partial charge in [0.05, 0.1) is 18.0 Å². The Kier molecular flexibility index (Phi) is 7.15. The molecule has 258 valence electrons. The predicted molar refractivity (Wildman–Crippen MR) is 221 cm³/mol. The molecular formula is C52H40N2. The highest BCUT2D eigenvalue weighted by molar-refractivity contribution is 5.89. The van der Waals surface area contributed by atoms with E-state index in [1.807, 2.05) is 12.1 Å². The molecule has 1 spiro atoms. The second-order valence-electron chi connectivity index (χ2n) is 16.3. The third kappa shape index (κ3) is 4.81. The molecule has 0 unspecified atom stereocenters. The van der Waals surface area contributed by atoms with E-state index in [0.717, 1.165) is 45.6 Å². The van der Waals surface area contributed by atoms with Crippen molar-refractivity contribution >= 4 is 5.69 Å². The van der Waals surface area contributed by atoms with E-state index in [-0.39, 0.29) is 5.41 Å². The summed E-state index contributed by atoms with van der Waals surface area (Å²) in [5.41, 5.74) is 18.0. The molecule has 4 bridgehead atoms. The summed E-state index contributed by atoms with van der Waals surface area (Å²) in [6.07, 6.45) is 6.78. The van der Waals surface area contributed by atoms with Crippen molar-refractivity contribution in [3.05, 3.63) is 180 Å². The number of nitrogens with zero attached hydrogens (tertiary/aromatic N) is 2. The zero-order valence-corrected chi connectivity index (χ0v) is 30.3. The maximum Gasteiger partial charge on any atom is 0.194 e. The van der Waals surface area contributed by atoms with Gasteiger partial charge >= 0.3 is 0 Å². The van der Waals surface area contributed by atoms with Crippen molar-refractivity contribution in [2.24, 2.45) is 23.7 Å². The molecule has 2 nitrogen and oxygen atoms in total. The highest BCUT2D eigenvalue weighted by Gasteiger charge is 2.61. The SMILES string of the molecule is [C-]#[N+]c1ccccc1-c1ccc2c(c1)C1(c3cc(-c4cccc(-c5cc(-c6ccccc6)nc(-c6ccccc6)c5)c4)ccc3-2)C2CC3CC(C2)CC1C3. The van der Waals surface area contributed by atoms with Gasteiger partial charge in [-0.2, -0.15) is 0 Å². The first-order valence-electron chi connectivity index (χ1n) is 19.7. The van der Waals surface area contributed by atoms with Crippen LogP contribution in [0.2, 0.25) is 0 Å². The van der Waals surface area contributed by atoms with E-state index in [9.17, 15) is 0 Å². The Morgan fingerprint density at radius 2 is 0.926 bits per heavy atom. The summed E-state index contributed by atoms with van der Waals surface area (Å²) < 4.78 is 0. The van der Waals surface area contributed by atoms with Crippen molar-refractivity contribution in [2.75, 3.05) is 0 Å². The van der Waals surface area contributed by atoms with E-state index in [1.54, 1.807) is 5.56 Å². The predicted octanol–water partition coefficient (Wildman–Crippen LogP) is 13.7. The minimum atomic E-state index is 0.0229. The van der Waals surface area contributed by atoms with Crippen molar-refractivity contribution in [1.29, 1.82) is 0 Å². The molecule has 0 aliphatic heterocycles. The van der Waals surface area contributed by atoms with Crippen molar-refractivity contribution in [3.63, 3.8) is 0 Å². The number of para-hydroxylation sites is 1. The maximum absolute atomic E-state index is 7.91. The Bertz CT molecular complexity index is 2540. The lowest BCUT2D eigenvalue weighted by Crippen LogP contribution is -2.55. The van der Waals surface area contributed by atoms with Gasteiger partial charge in [-0.1, -0.05) is 133 Å². The number of benzene rings is 6. The Labute approximate surface area is 318 Å². The standard InChI is InChI=1S/C52H40N2/c1-53-49-18-9-8-17-44(49)40-20-22-46-45-21-19-39(29-47(45)52(48(46)30-40)42-24-33-23-34(26-42)27-43(52)25-33)37-15-10-16-38(28-37)41-31-50(35-11-4-2-5-12-35)54-51(32-41)36-13-6-3-7-14-36/h2-22,28-34,42-43H,23-27H2. The lowest BCUT2D eigenvalue weighted by Gasteiger charge is -2.61. The summed E-state index contributed by atoms with van der Waals surface area (Å²) in [6, 6.07) is 57.3. The fourth-order valence-corrected chi connectivity index (χ4v) is 11.4. The van der Waals surface area contributed by atoms with Crippen LogP contribution in [0.15, 0.2) is 158 Å². The molecule has 2 heteroatoms. The van der Waals surface area contributed by atoms with Crippen LogP contribution in [0.3, 0.4) is 0 Å². The van der Waals surface area contributed by atoms with E-state index >= 15 is 0 Å². The maximum atomic E-state index is 7.91. The molecule has 6 aromatic carbocycles. The molecule has 0 amide bonds.